The smallest absolute Gasteiger partial charge is 0.220 e. The van der Waals surface area contributed by atoms with Crippen LogP contribution in [0.1, 0.15) is 18.2 Å². The molecule has 1 unspecified atom stereocenters. The molecular weight excluding hydrogens is 392 g/mol. The van der Waals surface area contributed by atoms with Crippen molar-refractivity contribution in [3.8, 4) is 22.4 Å². The maximum Gasteiger partial charge on any atom is 0.220 e. The van der Waals surface area contributed by atoms with Crippen LogP contribution >= 0.6 is 0 Å². The van der Waals surface area contributed by atoms with Gasteiger partial charge in [-0.25, -0.2) is 15.0 Å². The number of aromatic amines is 1. The molecular formula is C22H20N8O. The van der Waals surface area contributed by atoms with E-state index in [1.807, 2.05) is 25.5 Å². The van der Waals surface area contributed by atoms with Crippen molar-refractivity contribution in [2.45, 2.75) is 12.5 Å². The Balaban J connectivity index is 1.64. The minimum absolute atomic E-state index is 0.0717. The Labute approximate surface area is 177 Å². The van der Waals surface area contributed by atoms with Gasteiger partial charge < -0.3 is 15.8 Å². The summed E-state index contributed by atoms with van der Waals surface area (Å²) in [6.07, 6.45) is 10.6. The summed E-state index contributed by atoms with van der Waals surface area (Å²) < 4.78 is 1.75. The van der Waals surface area contributed by atoms with E-state index in [2.05, 4.69) is 30.0 Å². The number of anilines is 1. The number of nitrogen functional groups attached to an aromatic ring is 1. The number of nitrogens with one attached hydrogen (secondary N) is 1. The molecule has 9 heteroatoms. The Hall–Kier alpha value is -4.11. The van der Waals surface area contributed by atoms with Crippen LogP contribution in [-0.2, 0) is 12.6 Å². The minimum Gasteiger partial charge on any atom is -0.379 e. The topological polar surface area (TPSA) is 131 Å². The molecule has 5 aromatic heterocycles. The van der Waals surface area contributed by atoms with Crippen molar-refractivity contribution in [2.24, 2.45) is 7.05 Å². The molecule has 0 aromatic carbocycles. The number of aryl methyl sites for hydroxylation is 1. The lowest BCUT2D eigenvalue weighted by molar-refractivity contribution is 0.0971. The van der Waals surface area contributed by atoms with Crippen molar-refractivity contribution < 1.29 is 5.11 Å². The molecule has 1 atom stereocenters. The monoisotopic (exact) mass is 412 g/mol. The van der Waals surface area contributed by atoms with Gasteiger partial charge in [0.2, 0.25) is 5.95 Å². The van der Waals surface area contributed by atoms with Crippen molar-refractivity contribution in [1.29, 1.82) is 0 Å². The van der Waals surface area contributed by atoms with Crippen molar-refractivity contribution in [2.75, 3.05) is 5.73 Å². The van der Waals surface area contributed by atoms with E-state index in [1.165, 1.54) is 0 Å². The number of aliphatic hydroxyl groups is 1. The van der Waals surface area contributed by atoms with Crippen LogP contribution in [0.3, 0.4) is 0 Å². The molecule has 0 aliphatic heterocycles. The van der Waals surface area contributed by atoms with Crippen LogP contribution in [0.25, 0.3) is 33.4 Å². The number of hydrogen-bond acceptors (Lipinski definition) is 7. The highest BCUT2D eigenvalue weighted by atomic mass is 16.3. The van der Waals surface area contributed by atoms with Gasteiger partial charge in [0, 0.05) is 65.7 Å². The van der Waals surface area contributed by atoms with E-state index in [0.717, 1.165) is 27.7 Å². The Kier molecular flexibility index (Phi) is 4.26. The Morgan fingerprint density at radius 1 is 1.13 bits per heavy atom. The third kappa shape index (κ3) is 3.30. The lowest BCUT2D eigenvalue weighted by Gasteiger charge is -2.23. The predicted molar refractivity (Wildman–Crippen MR) is 117 cm³/mol. The summed E-state index contributed by atoms with van der Waals surface area (Å²) in [5.74, 6) is 0.0717. The van der Waals surface area contributed by atoms with Gasteiger partial charge in [0.15, 0.2) is 0 Å². The zero-order valence-corrected chi connectivity index (χ0v) is 17.0. The summed E-state index contributed by atoms with van der Waals surface area (Å²) in [4.78, 5) is 20.5. The number of nitrogens with zero attached hydrogens (tertiary/aromatic N) is 6. The molecule has 0 saturated heterocycles. The van der Waals surface area contributed by atoms with Crippen LogP contribution in [0, 0.1) is 0 Å². The van der Waals surface area contributed by atoms with Gasteiger partial charge in [-0.15, -0.1) is 0 Å². The highest BCUT2D eigenvalue weighted by molar-refractivity contribution is 5.95. The Morgan fingerprint density at radius 2 is 2.00 bits per heavy atom. The van der Waals surface area contributed by atoms with E-state index in [1.54, 1.807) is 54.6 Å². The number of hydrogen-bond donors (Lipinski definition) is 3. The first-order valence-corrected chi connectivity index (χ1v) is 9.66. The Morgan fingerprint density at radius 3 is 2.74 bits per heavy atom. The van der Waals surface area contributed by atoms with Gasteiger partial charge in [-0.2, -0.15) is 5.10 Å². The number of rotatable bonds is 4. The highest BCUT2D eigenvalue weighted by Crippen LogP contribution is 2.33. The maximum absolute atomic E-state index is 11.2. The summed E-state index contributed by atoms with van der Waals surface area (Å²) in [6.45, 7) is 1.66. The van der Waals surface area contributed by atoms with Gasteiger partial charge in [-0.1, -0.05) is 6.07 Å². The summed E-state index contributed by atoms with van der Waals surface area (Å²) in [5.41, 5.74) is 9.65. The van der Waals surface area contributed by atoms with Gasteiger partial charge >= 0.3 is 0 Å². The number of pyridine rings is 2. The average Bonchev–Trinajstić information content (AvgIpc) is 3.39. The van der Waals surface area contributed by atoms with E-state index in [-0.39, 0.29) is 5.95 Å². The van der Waals surface area contributed by atoms with Crippen LogP contribution < -0.4 is 5.73 Å². The molecule has 0 radical (unpaired) electrons. The molecule has 31 heavy (non-hydrogen) atoms. The minimum atomic E-state index is -1.38. The average molecular weight is 412 g/mol. The third-order valence-corrected chi connectivity index (χ3v) is 5.31. The molecule has 0 saturated carbocycles. The fraction of sp³-hybridized carbons (Fsp3) is 0.136. The molecule has 0 spiro atoms. The second-order valence-corrected chi connectivity index (χ2v) is 7.54. The molecule has 4 N–H and O–H groups in total. The second kappa shape index (κ2) is 6.99. The standard InChI is InChI=1S/C22H20N8O/c1-22(31,15-4-3-5-24-10-15)19-7-18(28-21(23)29-19)17-11-26-20-16(17)6-13(8-25-20)14-9-27-30(2)12-14/h3-12,31H,1-2H3,(H,25,26)(H2,23,28,29). The summed E-state index contributed by atoms with van der Waals surface area (Å²) in [7, 11) is 1.87. The van der Waals surface area contributed by atoms with Gasteiger partial charge in [0.1, 0.15) is 11.2 Å². The maximum atomic E-state index is 11.2. The van der Waals surface area contributed by atoms with Gasteiger partial charge in [0.25, 0.3) is 0 Å². The van der Waals surface area contributed by atoms with E-state index < -0.39 is 5.60 Å². The molecule has 154 valence electrons. The first-order chi connectivity index (χ1) is 14.9. The van der Waals surface area contributed by atoms with Crippen LogP contribution in [0.5, 0.6) is 0 Å². The van der Waals surface area contributed by atoms with E-state index in [4.69, 9.17) is 5.73 Å². The summed E-state index contributed by atoms with van der Waals surface area (Å²) in [6, 6.07) is 7.33. The van der Waals surface area contributed by atoms with Crippen molar-refractivity contribution in [1.82, 2.24) is 34.7 Å². The van der Waals surface area contributed by atoms with E-state index in [9.17, 15) is 5.11 Å². The van der Waals surface area contributed by atoms with Crippen LogP contribution in [0.15, 0.2) is 61.4 Å². The molecule has 0 aliphatic carbocycles. The molecule has 0 bridgehead atoms. The molecule has 9 nitrogen and oxygen atoms in total. The summed E-state index contributed by atoms with van der Waals surface area (Å²) in [5, 5.41) is 16.3. The molecule has 0 amide bonds. The first kappa shape index (κ1) is 18.9. The van der Waals surface area contributed by atoms with Crippen LogP contribution in [0.2, 0.25) is 0 Å². The lowest BCUT2D eigenvalue weighted by atomic mass is 9.92. The number of H-pyrrole nitrogens is 1. The van der Waals surface area contributed by atoms with Crippen molar-refractivity contribution >= 4 is 17.0 Å². The largest absolute Gasteiger partial charge is 0.379 e. The number of aromatic nitrogens is 7. The third-order valence-electron chi connectivity index (χ3n) is 5.31. The molecule has 0 fully saturated rings. The summed E-state index contributed by atoms with van der Waals surface area (Å²) >= 11 is 0. The quantitative estimate of drug-likeness (QED) is 0.413. The SMILES string of the molecule is Cn1cc(-c2cnc3[nH]cc(-c4cc(C(C)(O)c5cccnc5)nc(N)n4)c3c2)cn1. The van der Waals surface area contributed by atoms with Gasteiger partial charge in [-0.05, 0) is 25.1 Å². The predicted octanol–water partition coefficient (Wildman–Crippen LogP) is 2.65. The van der Waals surface area contributed by atoms with Crippen LogP contribution in [0.4, 0.5) is 5.95 Å². The fourth-order valence-electron chi connectivity index (χ4n) is 3.60. The zero-order valence-electron chi connectivity index (χ0n) is 17.0. The van der Waals surface area contributed by atoms with Crippen LogP contribution in [-0.4, -0.2) is 39.8 Å². The first-order valence-electron chi connectivity index (χ1n) is 9.66. The highest BCUT2D eigenvalue weighted by Gasteiger charge is 2.29. The molecule has 5 rings (SSSR count). The zero-order chi connectivity index (χ0) is 21.6. The van der Waals surface area contributed by atoms with Gasteiger partial charge in [-0.3, -0.25) is 9.67 Å². The number of nitrogens with two attached hydrogens (primary N) is 1. The molecule has 0 aliphatic rings. The van der Waals surface area contributed by atoms with E-state index >= 15 is 0 Å². The fourth-order valence-corrected chi connectivity index (χ4v) is 3.60. The van der Waals surface area contributed by atoms with E-state index in [0.29, 0.717) is 17.0 Å². The number of fused-ring (bicyclic) bond motifs is 1. The molecule has 5 aromatic rings. The normalized spacial score (nSPS) is 13.4. The Bertz CT molecular complexity index is 1390. The lowest BCUT2D eigenvalue weighted by Crippen LogP contribution is -2.25. The van der Waals surface area contributed by atoms with Gasteiger partial charge in [0.05, 0.1) is 17.6 Å². The van der Waals surface area contributed by atoms with Crippen molar-refractivity contribution in [3.05, 3.63) is 72.7 Å². The molecule has 5 heterocycles. The second-order valence-electron chi connectivity index (χ2n) is 7.54. The van der Waals surface area contributed by atoms with Crippen molar-refractivity contribution in [3.63, 3.8) is 0 Å².